The van der Waals surface area contributed by atoms with Gasteiger partial charge in [0.2, 0.25) is 0 Å². The number of phenols is 1. The largest absolute Gasteiger partial charge is 0.508 e. The molecule has 1 saturated heterocycles. The number of aromatic hydroxyl groups is 1. The van der Waals surface area contributed by atoms with Crippen LogP contribution in [-0.2, 0) is 16.2 Å². The molecule has 4 aromatic rings. The first-order valence-corrected chi connectivity index (χ1v) is 12.3. The van der Waals surface area contributed by atoms with Gasteiger partial charge in [-0.3, -0.25) is 14.5 Å². The molecule has 1 amide bonds. The summed E-state index contributed by atoms with van der Waals surface area (Å²) in [5.41, 5.74) is 4.26. The van der Waals surface area contributed by atoms with E-state index in [1.165, 1.54) is 17.0 Å². The highest BCUT2D eigenvalue weighted by atomic mass is 16.5. The van der Waals surface area contributed by atoms with Crippen molar-refractivity contribution in [3.05, 3.63) is 130 Å². The molecule has 4 aromatic carbocycles. The summed E-state index contributed by atoms with van der Waals surface area (Å²) in [5, 5.41) is 21.3. The van der Waals surface area contributed by atoms with Crippen LogP contribution in [0.3, 0.4) is 0 Å². The van der Waals surface area contributed by atoms with Crippen LogP contribution in [0.15, 0.2) is 103 Å². The normalized spacial score (nSPS) is 16.6. The van der Waals surface area contributed by atoms with Crippen molar-refractivity contribution in [2.75, 3.05) is 4.90 Å². The molecule has 6 heteroatoms. The van der Waals surface area contributed by atoms with E-state index in [-0.39, 0.29) is 17.1 Å². The zero-order chi connectivity index (χ0) is 26.8. The summed E-state index contributed by atoms with van der Waals surface area (Å²) in [6.07, 6.45) is 0. The van der Waals surface area contributed by atoms with Gasteiger partial charge in [0.15, 0.2) is 0 Å². The predicted molar refractivity (Wildman–Crippen MR) is 146 cm³/mol. The molecule has 0 saturated carbocycles. The molecular weight excluding hydrogens is 478 g/mol. The van der Waals surface area contributed by atoms with Crippen LogP contribution in [0.1, 0.15) is 33.9 Å². The van der Waals surface area contributed by atoms with E-state index in [4.69, 9.17) is 4.74 Å². The minimum atomic E-state index is -0.869. The highest BCUT2D eigenvalue weighted by Gasteiger charge is 2.47. The number of aryl methyl sites for hydroxylation is 2. The van der Waals surface area contributed by atoms with Crippen LogP contribution in [0.25, 0.3) is 5.76 Å². The Labute approximate surface area is 221 Å². The average molecular weight is 506 g/mol. The van der Waals surface area contributed by atoms with Crippen LogP contribution in [0, 0.1) is 13.8 Å². The van der Waals surface area contributed by atoms with Crippen molar-refractivity contribution in [3.63, 3.8) is 0 Å². The molecule has 1 aliphatic heterocycles. The number of hydrogen-bond acceptors (Lipinski definition) is 5. The summed E-state index contributed by atoms with van der Waals surface area (Å²) >= 11 is 0. The summed E-state index contributed by atoms with van der Waals surface area (Å²) in [7, 11) is 0. The number of aliphatic hydroxyl groups excluding tert-OH is 1. The smallest absolute Gasteiger partial charge is 0.300 e. The van der Waals surface area contributed by atoms with Crippen LogP contribution in [0.2, 0.25) is 0 Å². The van der Waals surface area contributed by atoms with Crippen molar-refractivity contribution in [1.29, 1.82) is 0 Å². The first-order valence-electron chi connectivity index (χ1n) is 12.3. The number of phenolic OH excluding ortho intramolecular Hbond substituents is 1. The minimum Gasteiger partial charge on any atom is -0.508 e. The quantitative estimate of drug-likeness (QED) is 0.185. The molecule has 38 heavy (non-hydrogen) atoms. The van der Waals surface area contributed by atoms with E-state index in [0.29, 0.717) is 29.2 Å². The summed E-state index contributed by atoms with van der Waals surface area (Å²) < 4.78 is 5.96. The topological polar surface area (TPSA) is 87.1 Å². The van der Waals surface area contributed by atoms with Crippen molar-refractivity contribution in [2.45, 2.75) is 26.5 Å². The van der Waals surface area contributed by atoms with Gasteiger partial charge >= 0.3 is 0 Å². The maximum absolute atomic E-state index is 13.4. The second-order valence-electron chi connectivity index (χ2n) is 9.35. The zero-order valence-electron chi connectivity index (χ0n) is 21.1. The lowest BCUT2D eigenvalue weighted by Crippen LogP contribution is -2.29. The van der Waals surface area contributed by atoms with Crippen molar-refractivity contribution in [2.24, 2.45) is 0 Å². The number of carbonyl (C=O) groups is 2. The third-order valence-corrected chi connectivity index (χ3v) is 6.62. The monoisotopic (exact) mass is 505 g/mol. The molecule has 1 heterocycles. The van der Waals surface area contributed by atoms with Gasteiger partial charge in [0, 0.05) is 11.3 Å². The molecule has 0 aromatic heterocycles. The summed E-state index contributed by atoms with van der Waals surface area (Å²) in [5.74, 6) is -1.06. The first-order chi connectivity index (χ1) is 18.3. The number of benzene rings is 4. The lowest BCUT2D eigenvalue weighted by atomic mass is 9.94. The van der Waals surface area contributed by atoms with E-state index in [1.807, 2.05) is 62.4 Å². The predicted octanol–water partition coefficient (Wildman–Crippen LogP) is 6.21. The van der Waals surface area contributed by atoms with Crippen molar-refractivity contribution < 1.29 is 24.5 Å². The lowest BCUT2D eigenvalue weighted by molar-refractivity contribution is -0.132. The Morgan fingerprint density at radius 1 is 0.868 bits per heavy atom. The number of ether oxygens (including phenoxy) is 1. The number of carbonyl (C=O) groups excluding carboxylic acids is 2. The second-order valence-corrected chi connectivity index (χ2v) is 9.35. The molecule has 1 fully saturated rings. The number of hydrogen-bond donors (Lipinski definition) is 2. The molecular formula is C32H27NO5. The Bertz CT molecular complexity index is 1540. The van der Waals surface area contributed by atoms with Gasteiger partial charge in [-0.05, 0) is 78.6 Å². The van der Waals surface area contributed by atoms with Gasteiger partial charge in [0.1, 0.15) is 23.9 Å². The van der Waals surface area contributed by atoms with Crippen LogP contribution < -0.4 is 9.64 Å². The molecule has 1 aliphatic rings. The number of nitrogens with zero attached hydrogens (tertiary/aromatic N) is 1. The van der Waals surface area contributed by atoms with Crippen molar-refractivity contribution in [3.8, 4) is 11.5 Å². The molecule has 0 bridgehead atoms. The first kappa shape index (κ1) is 24.8. The van der Waals surface area contributed by atoms with E-state index >= 15 is 0 Å². The minimum absolute atomic E-state index is 0.0143. The highest BCUT2D eigenvalue weighted by Crippen LogP contribution is 2.43. The highest BCUT2D eigenvalue weighted by molar-refractivity contribution is 6.51. The molecule has 0 spiro atoms. The van der Waals surface area contributed by atoms with Crippen molar-refractivity contribution in [1.82, 2.24) is 0 Å². The molecule has 5 rings (SSSR count). The molecule has 1 atom stereocenters. The van der Waals surface area contributed by atoms with Gasteiger partial charge in [-0.15, -0.1) is 0 Å². The molecule has 0 radical (unpaired) electrons. The Kier molecular flexibility index (Phi) is 6.71. The van der Waals surface area contributed by atoms with E-state index < -0.39 is 17.7 Å². The number of aliphatic hydroxyl groups is 1. The zero-order valence-corrected chi connectivity index (χ0v) is 21.1. The third kappa shape index (κ3) is 4.76. The van der Waals surface area contributed by atoms with Gasteiger partial charge in [-0.1, -0.05) is 54.6 Å². The number of anilines is 1. The number of amides is 1. The van der Waals surface area contributed by atoms with E-state index in [2.05, 4.69) is 0 Å². The Morgan fingerprint density at radius 2 is 1.61 bits per heavy atom. The van der Waals surface area contributed by atoms with Gasteiger partial charge in [0.05, 0.1) is 11.6 Å². The third-order valence-electron chi connectivity index (χ3n) is 6.62. The van der Waals surface area contributed by atoms with Gasteiger partial charge in [0.25, 0.3) is 11.7 Å². The summed E-state index contributed by atoms with van der Waals surface area (Å²) in [4.78, 5) is 28.1. The second kappa shape index (κ2) is 10.3. The summed E-state index contributed by atoms with van der Waals surface area (Å²) in [6.45, 7) is 4.16. The number of Topliss-reactive ketones (excluding diaryl/α,β-unsaturated/α-hetero) is 1. The van der Waals surface area contributed by atoms with Crippen LogP contribution in [0.4, 0.5) is 5.69 Å². The molecule has 1 unspecified atom stereocenters. The van der Waals surface area contributed by atoms with Crippen LogP contribution >= 0.6 is 0 Å². The molecule has 190 valence electrons. The van der Waals surface area contributed by atoms with Gasteiger partial charge in [-0.2, -0.15) is 0 Å². The maximum atomic E-state index is 13.4. The Hall–Kier alpha value is -4.84. The fourth-order valence-corrected chi connectivity index (χ4v) is 4.70. The van der Waals surface area contributed by atoms with E-state index in [9.17, 15) is 19.8 Å². The van der Waals surface area contributed by atoms with Crippen molar-refractivity contribution >= 4 is 23.1 Å². The van der Waals surface area contributed by atoms with E-state index in [1.54, 1.807) is 36.4 Å². The number of ketones is 1. The molecule has 6 nitrogen and oxygen atoms in total. The SMILES string of the molecule is Cc1cccc(N2C(=O)C(=O)/C(=C(\O)c3ccc(OCc4ccccc4)c(C)c3)C2c2ccc(O)cc2)c1. The maximum Gasteiger partial charge on any atom is 0.300 e. The number of rotatable bonds is 6. The molecule has 0 aliphatic carbocycles. The Balaban J connectivity index is 1.56. The van der Waals surface area contributed by atoms with Gasteiger partial charge < -0.3 is 14.9 Å². The standard InChI is InChI=1S/C32H27NO5/c1-20-7-6-10-25(17-20)33-29(23-11-14-26(34)15-12-23)28(31(36)32(33)37)30(35)24-13-16-27(21(2)18-24)38-19-22-8-4-3-5-9-22/h3-18,29,34-35H,19H2,1-2H3/b30-28-. The fraction of sp³-hybridized carbons (Fsp3) is 0.125. The average Bonchev–Trinajstić information content (AvgIpc) is 3.18. The van der Waals surface area contributed by atoms with Crippen LogP contribution in [0.5, 0.6) is 11.5 Å². The summed E-state index contributed by atoms with van der Waals surface area (Å²) in [6, 6.07) is 27.7. The lowest BCUT2D eigenvalue weighted by Gasteiger charge is -2.25. The molecule has 2 N–H and O–H groups in total. The van der Waals surface area contributed by atoms with Gasteiger partial charge in [-0.25, -0.2) is 0 Å². The van der Waals surface area contributed by atoms with E-state index in [0.717, 1.165) is 16.7 Å². The Morgan fingerprint density at radius 3 is 2.29 bits per heavy atom. The fourth-order valence-electron chi connectivity index (χ4n) is 4.70. The van der Waals surface area contributed by atoms with Crippen LogP contribution in [-0.4, -0.2) is 21.9 Å².